The Hall–Kier alpha value is -2.10. The van der Waals surface area contributed by atoms with Crippen LogP contribution < -0.4 is 10.6 Å². The zero-order valence-corrected chi connectivity index (χ0v) is 10.0. The third-order valence-electron chi connectivity index (χ3n) is 2.65. The van der Waals surface area contributed by atoms with Crippen LogP contribution in [0.25, 0.3) is 0 Å². The Morgan fingerprint density at radius 1 is 1.00 bits per heavy atom. The van der Waals surface area contributed by atoms with Crippen LogP contribution in [-0.2, 0) is 0 Å². The van der Waals surface area contributed by atoms with Crippen molar-refractivity contribution in [3.63, 3.8) is 0 Å². The van der Waals surface area contributed by atoms with Gasteiger partial charge in [-0.15, -0.1) is 0 Å². The minimum Gasteiger partial charge on any atom is -0.399 e. The Bertz CT molecular complexity index is 535. The van der Waals surface area contributed by atoms with E-state index in [4.69, 9.17) is 5.73 Å². The van der Waals surface area contributed by atoms with Gasteiger partial charge in [0.05, 0.1) is 0 Å². The molecule has 4 heteroatoms. The molecule has 0 saturated heterocycles. The van der Waals surface area contributed by atoms with Crippen molar-refractivity contribution >= 4 is 17.1 Å². The smallest absolute Gasteiger partial charge is 0.127 e. The molecular formula is C14H14F2N2. The third-order valence-corrected chi connectivity index (χ3v) is 2.65. The van der Waals surface area contributed by atoms with Gasteiger partial charge in [0.15, 0.2) is 0 Å². The van der Waals surface area contributed by atoms with Crippen molar-refractivity contribution in [2.24, 2.45) is 0 Å². The van der Waals surface area contributed by atoms with Gasteiger partial charge in [-0.3, -0.25) is 0 Å². The molecule has 0 unspecified atom stereocenters. The van der Waals surface area contributed by atoms with Crippen LogP contribution in [0.5, 0.6) is 0 Å². The van der Waals surface area contributed by atoms with E-state index >= 15 is 0 Å². The standard InChI is InChI=1S/C14H14F2N2/c1-2-18(13-5-3-4-10(15)7-13)14-8-11(16)6-12(17)9-14/h3-9H,2,17H2,1H3. The highest BCUT2D eigenvalue weighted by Gasteiger charge is 2.09. The van der Waals surface area contributed by atoms with Crippen molar-refractivity contribution in [2.75, 3.05) is 17.2 Å². The molecule has 0 atom stereocenters. The third kappa shape index (κ3) is 2.59. The van der Waals surface area contributed by atoms with Gasteiger partial charge in [0.1, 0.15) is 11.6 Å². The second-order valence-corrected chi connectivity index (χ2v) is 3.97. The quantitative estimate of drug-likeness (QED) is 0.839. The summed E-state index contributed by atoms with van der Waals surface area (Å²) >= 11 is 0. The SMILES string of the molecule is CCN(c1cccc(F)c1)c1cc(N)cc(F)c1. The molecule has 0 amide bonds. The van der Waals surface area contributed by atoms with E-state index in [1.165, 1.54) is 24.3 Å². The summed E-state index contributed by atoms with van der Waals surface area (Å²) in [5, 5.41) is 0. The molecule has 0 saturated carbocycles. The van der Waals surface area contributed by atoms with Crippen molar-refractivity contribution in [3.05, 3.63) is 54.1 Å². The fraction of sp³-hybridized carbons (Fsp3) is 0.143. The Morgan fingerprint density at radius 3 is 2.33 bits per heavy atom. The monoisotopic (exact) mass is 248 g/mol. The second-order valence-electron chi connectivity index (χ2n) is 3.97. The number of hydrogen-bond donors (Lipinski definition) is 1. The molecule has 2 nitrogen and oxygen atoms in total. The van der Waals surface area contributed by atoms with Crippen LogP contribution in [-0.4, -0.2) is 6.54 Å². The zero-order valence-electron chi connectivity index (χ0n) is 10.0. The number of nitrogen functional groups attached to an aromatic ring is 1. The van der Waals surface area contributed by atoms with E-state index in [-0.39, 0.29) is 5.82 Å². The van der Waals surface area contributed by atoms with E-state index in [1.807, 2.05) is 6.92 Å². The van der Waals surface area contributed by atoms with E-state index in [1.54, 1.807) is 23.1 Å². The number of hydrogen-bond acceptors (Lipinski definition) is 2. The summed E-state index contributed by atoms with van der Waals surface area (Å²) < 4.78 is 26.6. The van der Waals surface area contributed by atoms with E-state index in [2.05, 4.69) is 0 Å². The van der Waals surface area contributed by atoms with Gasteiger partial charge in [-0.2, -0.15) is 0 Å². The zero-order chi connectivity index (χ0) is 13.1. The summed E-state index contributed by atoms with van der Waals surface area (Å²) in [6.07, 6.45) is 0. The van der Waals surface area contributed by atoms with Crippen LogP contribution >= 0.6 is 0 Å². The fourth-order valence-corrected chi connectivity index (χ4v) is 1.91. The van der Waals surface area contributed by atoms with E-state index < -0.39 is 5.82 Å². The van der Waals surface area contributed by atoms with Crippen molar-refractivity contribution in [2.45, 2.75) is 6.92 Å². The number of rotatable bonds is 3. The molecule has 0 aromatic heterocycles. The number of halogens is 2. The first-order valence-electron chi connectivity index (χ1n) is 5.69. The van der Waals surface area contributed by atoms with E-state index in [0.717, 1.165) is 0 Å². The van der Waals surface area contributed by atoms with Gasteiger partial charge in [0.2, 0.25) is 0 Å². The molecule has 0 aliphatic heterocycles. The Labute approximate surface area is 105 Å². The molecule has 0 aliphatic carbocycles. The second kappa shape index (κ2) is 5.04. The summed E-state index contributed by atoms with van der Waals surface area (Å²) in [6.45, 7) is 2.50. The normalized spacial score (nSPS) is 10.4. The van der Waals surface area contributed by atoms with Crippen LogP contribution in [0.4, 0.5) is 25.8 Å². The number of benzene rings is 2. The molecule has 0 spiro atoms. The summed E-state index contributed by atoms with van der Waals surface area (Å²) in [6, 6.07) is 10.5. The molecule has 0 heterocycles. The van der Waals surface area contributed by atoms with Gasteiger partial charge in [0, 0.05) is 23.6 Å². The van der Waals surface area contributed by atoms with Crippen LogP contribution in [0.2, 0.25) is 0 Å². The van der Waals surface area contributed by atoms with E-state index in [0.29, 0.717) is 23.6 Å². The van der Waals surface area contributed by atoms with Gasteiger partial charge in [-0.05, 0) is 43.3 Å². The lowest BCUT2D eigenvalue weighted by molar-refractivity contribution is 0.626. The predicted molar refractivity (Wildman–Crippen MR) is 69.9 cm³/mol. The maximum atomic E-state index is 13.3. The number of nitrogens with two attached hydrogens (primary N) is 1. The van der Waals surface area contributed by atoms with Gasteiger partial charge in [0.25, 0.3) is 0 Å². The first kappa shape index (κ1) is 12.4. The van der Waals surface area contributed by atoms with Crippen molar-refractivity contribution in [3.8, 4) is 0 Å². The summed E-state index contributed by atoms with van der Waals surface area (Å²) in [5.74, 6) is -0.727. The molecule has 2 N–H and O–H groups in total. The Morgan fingerprint density at radius 2 is 1.72 bits per heavy atom. The predicted octanol–water partition coefficient (Wildman–Crippen LogP) is 3.71. The highest BCUT2D eigenvalue weighted by Crippen LogP contribution is 2.27. The minimum atomic E-state index is -0.403. The van der Waals surface area contributed by atoms with Crippen molar-refractivity contribution in [1.29, 1.82) is 0 Å². The summed E-state index contributed by atoms with van der Waals surface area (Å²) in [7, 11) is 0. The molecular weight excluding hydrogens is 234 g/mol. The average Bonchev–Trinajstić information content (AvgIpc) is 2.28. The van der Waals surface area contributed by atoms with Crippen LogP contribution in [0.3, 0.4) is 0 Å². The summed E-state index contributed by atoms with van der Waals surface area (Å²) in [5.41, 5.74) is 7.25. The molecule has 0 radical (unpaired) electrons. The molecule has 2 aromatic rings. The lowest BCUT2D eigenvalue weighted by Crippen LogP contribution is -2.16. The molecule has 0 fully saturated rings. The molecule has 0 bridgehead atoms. The van der Waals surface area contributed by atoms with Gasteiger partial charge in [-0.1, -0.05) is 6.07 Å². The van der Waals surface area contributed by atoms with Crippen LogP contribution in [0.15, 0.2) is 42.5 Å². The van der Waals surface area contributed by atoms with Gasteiger partial charge in [-0.25, -0.2) is 8.78 Å². The highest BCUT2D eigenvalue weighted by atomic mass is 19.1. The lowest BCUT2D eigenvalue weighted by atomic mass is 10.2. The largest absolute Gasteiger partial charge is 0.399 e. The molecule has 2 rings (SSSR count). The average molecular weight is 248 g/mol. The molecule has 2 aromatic carbocycles. The van der Waals surface area contributed by atoms with Gasteiger partial charge >= 0.3 is 0 Å². The van der Waals surface area contributed by atoms with Gasteiger partial charge < -0.3 is 10.6 Å². The maximum absolute atomic E-state index is 13.3. The number of nitrogens with zero attached hydrogens (tertiary/aromatic N) is 1. The maximum Gasteiger partial charge on any atom is 0.127 e. The summed E-state index contributed by atoms with van der Waals surface area (Å²) in [4.78, 5) is 1.79. The van der Waals surface area contributed by atoms with E-state index in [9.17, 15) is 8.78 Å². The van der Waals surface area contributed by atoms with Crippen molar-refractivity contribution in [1.82, 2.24) is 0 Å². The Kier molecular flexibility index (Phi) is 3.46. The molecule has 94 valence electrons. The first-order valence-corrected chi connectivity index (χ1v) is 5.69. The molecule has 18 heavy (non-hydrogen) atoms. The lowest BCUT2D eigenvalue weighted by Gasteiger charge is -2.23. The topological polar surface area (TPSA) is 29.3 Å². The first-order chi connectivity index (χ1) is 8.60. The van der Waals surface area contributed by atoms with Crippen LogP contribution in [0.1, 0.15) is 6.92 Å². The van der Waals surface area contributed by atoms with Crippen molar-refractivity contribution < 1.29 is 8.78 Å². The fourth-order valence-electron chi connectivity index (χ4n) is 1.91. The minimum absolute atomic E-state index is 0.324. The molecule has 0 aliphatic rings. The highest BCUT2D eigenvalue weighted by molar-refractivity contribution is 5.66. The Balaban J connectivity index is 2.45. The van der Waals surface area contributed by atoms with Crippen LogP contribution in [0, 0.1) is 11.6 Å². The number of anilines is 3.